The van der Waals surface area contributed by atoms with Crippen molar-refractivity contribution in [2.75, 3.05) is 17.2 Å². The fraction of sp³-hybridized carbons (Fsp3) is 0.235. The summed E-state index contributed by atoms with van der Waals surface area (Å²) in [7, 11) is 0. The average molecular weight is 392 g/mol. The highest BCUT2D eigenvalue weighted by Crippen LogP contribution is 2.22. The molecule has 0 aliphatic heterocycles. The van der Waals surface area contributed by atoms with Gasteiger partial charge in [0.05, 0.1) is 34.9 Å². The standard InChI is InChI=1S/C17H18BrN3O3/c1-4-24-16(22)12-9-15(11(3)19-10(12)2)21-17(23)20-14-8-6-5-7-13(14)18/h5-9H,4H2,1-3H3,(H2,20,21,23). The normalized spacial score (nSPS) is 10.2. The number of rotatable bonds is 4. The molecule has 0 radical (unpaired) electrons. The van der Waals surface area contributed by atoms with E-state index >= 15 is 0 Å². The van der Waals surface area contributed by atoms with E-state index in [2.05, 4.69) is 31.5 Å². The predicted molar refractivity (Wildman–Crippen MR) is 96.5 cm³/mol. The third kappa shape index (κ3) is 4.32. The van der Waals surface area contributed by atoms with E-state index < -0.39 is 12.0 Å². The Morgan fingerprint density at radius 3 is 2.46 bits per heavy atom. The van der Waals surface area contributed by atoms with Crippen molar-refractivity contribution >= 4 is 39.3 Å². The van der Waals surface area contributed by atoms with Gasteiger partial charge in [0.25, 0.3) is 0 Å². The number of aromatic nitrogens is 1. The molecule has 24 heavy (non-hydrogen) atoms. The highest BCUT2D eigenvalue weighted by atomic mass is 79.9. The van der Waals surface area contributed by atoms with Crippen LogP contribution < -0.4 is 10.6 Å². The number of para-hydroxylation sites is 1. The fourth-order valence-electron chi connectivity index (χ4n) is 2.11. The highest BCUT2D eigenvalue weighted by Gasteiger charge is 2.16. The molecule has 7 heteroatoms. The summed E-state index contributed by atoms with van der Waals surface area (Å²) in [5, 5.41) is 5.44. The van der Waals surface area contributed by atoms with Crippen LogP contribution in [0, 0.1) is 13.8 Å². The molecule has 0 saturated carbocycles. The first kappa shape index (κ1) is 17.9. The zero-order valence-corrected chi connectivity index (χ0v) is 15.2. The fourth-order valence-corrected chi connectivity index (χ4v) is 2.49. The first-order valence-corrected chi connectivity index (χ1v) is 8.19. The summed E-state index contributed by atoms with van der Waals surface area (Å²) in [6, 6.07) is 8.42. The number of nitrogens with zero attached hydrogens (tertiary/aromatic N) is 1. The van der Waals surface area contributed by atoms with Gasteiger partial charge in [-0.25, -0.2) is 9.59 Å². The van der Waals surface area contributed by atoms with Crippen molar-refractivity contribution in [1.29, 1.82) is 0 Å². The number of esters is 1. The monoisotopic (exact) mass is 391 g/mol. The van der Waals surface area contributed by atoms with Gasteiger partial charge in [0.1, 0.15) is 0 Å². The molecule has 1 aromatic heterocycles. The van der Waals surface area contributed by atoms with E-state index in [4.69, 9.17) is 4.74 Å². The zero-order chi connectivity index (χ0) is 17.7. The lowest BCUT2D eigenvalue weighted by atomic mass is 10.1. The molecule has 0 saturated heterocycles. The lowest BCUT2D eigenvalue weighted by molar-refractivity contribution is 0.0525. The topological polar surface area (TPSA) is 80.3 Å². The second kappa shape index (κ2) is 7.92. The number of halogens is 1. The maximum Gasteiger partial charge on any atom is 0.340 e. The van der Waals surface area contributed by atoms with Gasteiger partial charge >= 0.3 is 12.0 Å². The van der Waals surface area contributed by atoms with Crippen molar-refractivity contribution in [2.45, 2.75) is 20.8 Å². The van der Waals surface area contributed by atoms with Gasteiger partial charge in [0.2, 0.25) is 0 Å². The second-order valence-electron chi connectivity index (χ2n) is 5.03. The lowest BCUT2D eigenvalue weighted by Crippen LogP contribution is -2.21. The van der Waals surface area contributed by atoms with E-state index in [9.17, 15) is 9.59 Å². The number of hydrogen-bond donors (Lipinski definition) is 2. The van der Waals surface area contributed by atoms with Gasteiger partial charge in [-0.2, -0.15) is 0 Å². The van der Waals surface area contributed by atoms with Gasteiger partial charge in [0, 0.05) is 4.47 Å². The summed E-state index contributed by atoms with van der Waals surface area (Å²) >= 11 is 3.37. The lowest BCUT2D eigenvalue weighted by Gasteiger charge is -2.13. The first-order valence-electron chi connectivity index (χ1n) is 7.40. The third-order valence-electron chi connectivity index (χ3n) is 3.27. The molecule has 2 rings (SSSR count). The van der Waals surface area contributed by atoms with E-state index in [1.54, 1.807) is 32.9 Å². The molecule has 0 aliphatic carbocycles. The van der Waals surface area contributed by atoms with Gasteiger partial charge in [-0.05, 0) is 54.9 Å². The van der Waals surface area contributed by atoms with Crippen LogP contribution in [0.2, 0.25) is 0 Å². The summed E-state index contributed by atoms with van der Waals surface area (Å²) in [5.74, 6) is -0.461. The summed E-state index contributed by atoms with van der Waals surface area (Å²) in [4.78, 5) is 28.4. The molecule has 0 bridgehead atoms. The second-order valence-corrected chi connectivity index (χ2v) is 5.89. The smallest absolute Gasteiger partial charge is 0.340 e. The molecular formula is C17H18BrN3O3. The van der Waals surface area contributed by atoms with E-state index in [0.717, 1.165) is 4.47 Å². The molecule has 2 amide bonds. The Bertz CT molecular complexity index is 778. The quantitative estimate of drug-likeness (QED) is 0.762. The Morgan fingerprint density at radius 1 is 1.12 bits per heavy atom. The largest absolute Gasteiger partial charge is 0.462 e. The van der Waals surface area contributed by atoms with E-state index in [1.165, 1.54) is 0 Å². The van der Waals surface area contributed by atoms with Crippen LogP contribution in [0.5, 0.6) is 0 Å². The van der Waals surface area contributed by atoms with E-state index in [-0.39, 0.29) is 6.61 Å². The Balaban J connectivity index is 2.19. The Labute approximate surface area is 148 Å². The average Bonchev–Trinajstić information content (AvgIpc) is 2.52. The highest BCUT2D eigenvalue weighted by molar-refractivity contribution is 9.10. The predicted octanol–water partition coefficient (Wildman–Crippen LogP) is 4.28. The molecule has 1 aromatic carbocycles. The van der Waals surface area contributed by atoms with Crippen molar-refractivity contribution in [2.24, 2.45) is 0 Å². The number of nitrogens with one attached hydrogen (secondary N) is 2. The minimum atomic E-state index is -0.461. The number of benzene rings is 1. The number of ether oxygens (including phenoxy) is 1. The summed E-state index contributed by atoms with van der Waals surface area (Å²) in [6.07, 6.45) is 0. The Morgan fingerprint density at radius 2 is 1.79 bits per heavy atom. The summed E-state index contributed by atoms with van der Waals surface area (Å²) in [6.45, 7) is 5.50. The van der Waals surface area contributed by atoms with Gasteiger partial charge < -0.3 is 15.4 Å². The molecular weight excluding hydrogens is 374 g/mol. The van der Waals surface area contributed by atoms with Crippen LogP contribution in [0.1, 0.15) is 28.7 Å². The van der Waals surface area contributed by atoms with Gasteiger partial charge in [-0.15, -0.1) is 0 Å². The van der Waals surface area contributed by atoms with Crippen LogP contribution in [0.4, 0.5) is 16.2 Å². The Hall–Kier alpha value is -2.41. The molecule has 1 heterocycles. The van der Waals surface area contributed by atoms with Crippen molar-refractivity contribution in [3.05, 3.63) is 51.8 Å². The minimum absolute atomic E-state index is 0.275. The summed E-state index contributed by atoms with van der Waals surface area (Å²) < 4.78 is 5.78. The van der Waals surface area contributed by atoms with Gasteiger partial charge in [-0.1, -0.05) is 12.1 Å². The molecule has 0 unspecified atom stereocenters. The molecule has 0 spiro atoms. The number of hydrogen-bond acceptors (Lipinski definition) is 4. The van der Waals surface area contributed by atoms with Crippen LogP contribution in [0.15, 0.2) is 34.8 Å². The molecule has 0 aliphatic rings. The van der Waals surface area contributed by atoms with Crippen molar-refractivity contribution in [3.8, 4) is 0 Å². The van der Waals surface area contributed by atoms with Crippen LogP contribution in [-0.4, -0.2) is 23.6 Å². The number of anilines is 2. The van der Waals surface area contributed by atoms with Crippen LogP contribution in [-0.2, 0) is 4.74 Å². The van der Waals surface area contributed by atoms with Crippen molar-refractivity contribution in [1.82, 2.24) is 4.98 Å². The molecule has 0 atom stereocenters. The van der Waals surface area contributed by atoms with Crippen LogP contribution in [0.25, 0.3) is 0 Å². The summed E-state index contributed by atoms with van der Waals surface area (Å²) in [5.41, 5.74) is 2.59. The van der Waals surface area contributed by atoms with Crippen LogP contribution in [0.3, 0.4) is 0 Å². The van der Waals surface area contributed by atoms with Crippen molar-refractivity contribution in [3.63, 3.8) is 0 Å². The number of carbonyl (C=O) groups excluding carboxylic acids is 2. The molecule has 2 aromatic rings. The SMILES string of the molecule is CCOC(=O)c1cc(NC(=O)Nc2ccccc2Br)c(C)nc1C. The first-order chi connectivity index (χ1) is 11.4. The number of aryl methyl sites for hydroxylation is 2. The number of urea groups is 1. The molecule has 2 N–H and O–H groups in total. The minimum Gasteiger partial charge on any atom is -0.462 e. The molecule has 6 nitrogen and oxygen atoms in total. The Kier molecular flexibility index (Phi) is 5.92. The maximum absolute atomic E-state index is 12.2. The van der Waals surface area contributed by atoms with E-state index in [0.29, 0.717) is 28.3 Å². The van der Waals surface area contributed by atoms with Gasteiger partial charge in [0.15, 0.2) is 0 Å². The number of amides is 2. The van der Waals surface area contributed by atoms with Gasteiger partial charge in [-0.3, -0.25) is 4.98 Å². The van der Waals surface area contributed by atoms with E-state index in [1.807, 2.05) is 18.2 Å². The molecule has 126 valence electrons. The van der Waals surface area contributed by atoms with Crippen LogP contribution >= 0.6 is 15.9 Å². The number of pyridine rings is 1. The van der Waals surface area contributed by atoms with Crippen molar-refractivity contribution < 1.29 is 14.3 Å². The number of carbonyl (C=O) groups is 2. The third-order valence-corrected chi connectivity index (χ3v) is 3.96. The maximum atomic E-state index is 12.2. The zero-order valence-electron chi connectivity index (χ0n) is 13.6. The molecule has 0 fully saturated rings.